The van der Waals surface area contributed by atoms with E-state index in [4.69, 9.17) is 4.74 Å². The summed E-state index contributed by atoms with van der Waals surface area (Å²) in [6, 6.07) is 17.8. The van der Waals surface area contributed by atoms with Crippen LogP contribution in [-0.2, 0) is 4.79 Å². The molecule has 34 heavy (non-hydrogen) atoms. The zero-order valence-electron chi connectivity index (χ0n) is 18.9. The molecular weight excluding hydrogens is 443 g/mol. The minimum atomic E-state index is -3.50. The molecule has 0 bridgehead atoms. The second-order valence-corrected chi connectivity index (χ2v) is 8.26. The normalized spacial score (nSPS) is 13.5. The second-order valence-electron chi connectivity index (χ2n) is 8.26. The molecule has 0 fully saturated rings. The number of fused-ring (bicyclic) bond motifs is 1. The molecule has 0 aliphatic heterocycles. The van der Waals surface area contributed by atoms with Crippen LogP contribution in [-0.4, -0.2) is 34.8 Å². The minimum absolute atomic E-state index is 0.311. The van der Waals surface area contributed by atoms with E-state index in [1.54, 1.807) is 43.0 Å². The van der Waals surface area contributed by atoms with Crippen LogP contribution in [0.2, 0.25) is 0 Å². The summed E-state index contributed by atoms with van der Waals surface area (Å²) < 4.78 is 47.3. The molecule has 1 heterocycles. The van der Waals surface area contributed by atoms with Gasteiger partial charge in [0.1, 0.15) is 11.6 Å². The van der Waals surface area contributed by atoms with Gasteiger partial charge in [-0.3, -0.25) is 9.48 Å². The van der Waals surface area contributed by atoms with Crippen molar-refractivity contribution in [2.75, 3.05) is 7.11 Å². The monoisotopic (exact) mass is 467 g/mol. The Bertz CT molecular complexity index is 1300. The summed E-state index contributed by atoms with van der Waals surface area (Å²) in [5.41, 5.74) is 3.21. The number of methoxy groups -OCH3 is 1. The molecule has 4 aromatic rings. The van der Waals surface area contributed by atoms with Crippen LogP contribution in [0.25, 0.3) is 22.0 Å². The van der Waals surface area contributed by atoms with Crippen molar-refractivity contribution < 1.29 is 22.7 Å². The zero-order valence-corrected chi connectivity index (χ0v) is 18.9. The molecule has 0 saturated carbocycles. The van der Waals surface area contributed by atoms with E-state index in [-0.39, 0.29) is 5.82 Å². The lowest BCUT2D eigenvalue weighted by atomic mass is 10.00. The number of ether oxygens (including phenoxy) is 1. The van der Waals surface area contributed by atoms with Crippen LogP contribution >= 0.6 is 0 Å². The quantitative estimate of drug-likeness (QED) is 0.385. The first kappa shape index (κ1) is 23.4. The molecule has 5 nitrogen and oxygen atoms in total. The Morgan fingerprint density at radius 1 is 1.03 bits per heavy atom. The van der Waals surface area contributed by atoms with Gasteiger partial charge in [-0.05, 0) is 60.0 Å². The largest absolute Gasteiger partial charge is 0.497 e. The van der Waals surface area contributed by atoms with Crippen molar-refractivity contribution in [3.63, 3.8) is 0 Å². The SMILES string of the molecule is COc1ccc([C@H]([C@H](C)NC(=O)C(C)(F)F)n2cc3cc(-c4ccc(F)cc4)ccc3n2)cc1. The Morgan fingerprint density at radius 2 is 1.68 bits per heavy atom. The van der Waals surface area contributed by atoms with Crippen molar-refractivity contribution in [3.8, 4) is 16.9 Å². The molecule has 0 aliphatic rings. The summed E-state index contributed by atoms with van der Waals surface area (Å²) in [6.07, 6.45) is 1.81. The maximum atomic E-state index is 13.6. The molecular formula is C26H24F3N3O2. The van der Waals surface area contributed by atoms with Crippen molar-refractivity contribution in [2.45, 2.75) is 31.9 Å². The number of nitrogens with zero attached hydrogens (tertiary/aromatic N) is 2. The number of hydrogen-bond donors (Lipinski definition) is 1. The van der Waals surface area contributed by atoms with E-state index in [1.807, 2.05) is 36.5 Å². The van der Waals surface area contributed by atoms with E-state index in [2.05, 4.69) is 10.4 Å². The molecule has 2 atom stereocenters. The molecule has 1 N–H and O–H groups in total. The molecule has 1 aromatic heterocycles. The van der Waals surface area contributed by atoms with E-state index in [0.717, 1.165) is 22.1 Å². The summed E-state index contributed by atoms with van der Waals surface area (Å²) in [7, 11) is 1.55. The van der Waals surface area contributed by atoms with Gasteiger partial charge in [0.15, 0.2) is 0 Å². The van der Waals surface area contributed by atoms with Gasteiger partial charge in [0.25, 0.3) is 5.91 Å². The lowest BCUT2D eigenvalue weighted by molar-refractivity contribution is -0.143. The highest BCUT2D eigenvalue weighted by molar-refractivity contribution is 5.84. The molecule has 0 aliphatic carbocycles. The van der Waals surface area contributed by atoms with E-state index in [1.165, 1.54) is 12.1 Å². The number of carbonyl (C=O) groups is 1. The van der Waals surface area contributed by atoms with Gasteiger partial charge in [-0.25, -0.2) is 4.39 Å². The first-order valence-electron chi connectivity index (χ1n) is 10.7. The fraction of sp³-hybridized carbons (Fsp3) is 0.231. The standard InChI is InChI=1S/C26H24F3N3O2/c1-16(30-25(33)26(2,28)29)24(18-6-11-22(34-3)12-7-18)32-15-20-14-19(8-13-23(20)31-32)17-4-9-21(27)10-5-17/h4-16,24H,1-3H3,(H,30,33)/t16-,24-/m0/s1. The number of aromatic nitrogens is 2. The fourth-order valence-electron chi connectivity index (χ4n) is 3.89. The van der Waals surface area contributed by atoms with Crippen molar-refractivity contribution in [1.29, 1.82) is 0 Å². The van der Waals surface area contributed by atoms with Gasteiger partial charge in [-0.1, -0.05) is 30.3 Å². The lowest BCUT2D eigenvalue weighted by Gasteiger charge is -2.27. The average Bonchev–Trinajstić information content (AvgIpc) is 3.22. The van der Waals surface area contributed by atoms with Crippen molar-refractivity contribution in [1.82, 2.24) is 15.1 Å². The van der Waals surface area contributed by atoms with Gasteiger partial charge >= 0.3 is 5.92 Å². The summed E-state index contributed by atoms with van der Waals surface area (Å²) in [4.78, 5) is 12.0. The highest BCUT2D eigenvalue weighted by Gasteiger charge is 2.35. The highest BCUT2D eigenvalue weighted by atomic mass is 19.3. The van der Waals surface area contributed by atoms with Gasteiger partial charge in [0.05, 0.1) is 24.7 Å². The van der Waals surface area contributed by atoms with Crippen LogP contribution in [0.1, 0.15) is 25.5 Å². The molecule has 1 amide bonds. The summed E-state index contributed by atoms with van der Waals surface area (Å²) in [5, 5.41) is 7.89. The van der Waals surface area contributed by atoms with Crippen molar-refractivity contribution in [3.05, 3.63) is 84.3 Å². The number of benzene rings is 3. The third-order valence-corrected chi connectivity index (χ3v) is 5.67. The summed E-state index contributed by atoms with van der Waals surface area (Å²) in [6.45, 7) is 2.23. The first-order valence-corrected chi connectivity index (χ1v) is 10.7. The number of carbonyl (C=O) groups excluding carboxylic acids is 1. The van der Waals surface area contributed by atoms with Crippen molar-refractivity contribution >= 4 is 16.8 Å². The zero-order chi connectivity index (χ0) is 24.5. The molecule has 0 saturated heterocycles. The van der Waals surface area contributed by atoms with E-state index in [0.29, 0.717) is 18.2 Å². The first-order chi connectivity index (χ1) is 16.2. The van der Waals surface area contributed by atoms with Crippen LogP contribution in [0.4, 0.5) is 13.2 Å². The number of hydrogen-bond acceptors (Lipinski definition) is 3. The Morgan fingerprint density at radius 3 is 2.29 bits per heavy atom. The Hall–Kier alpha value is -3.81. The molecule has 8 heteroatoms. The number of halogens is 3. The van der Waals surface area contributed by atoms with Crippen LogP contribution < -0.4 is 10.1 Å². The maximum Gasteiger partial charge on any atom is 0.321 e. The Kier molecular flexibility index (Phi) is 6.32. The average molecular weight is 467 g/mol. The fourth-order valence-corrected chi connectivity index (χ4v) is 3.89. The predicted molar refractivity (Wildman–Crippen MR) is 124 cm³/mol. The van der Waals surface area contributed by atoms with E-state index < -0.39 is 23.9 Å². The number of nitrogens with one attached hydrogen (secondary N) is 1. The van der Waals surface area contributed by atoms with Gasteiger partial charge in [0.2, 0.25) is 0 Å². The van der Waals surface area contributed by atoms with Crippen molar-refractivity contribution in [2.24, 2.45) is 0 Å². The van der Waals surface area contributed by atoms with E-state index >= 15 is 0 Å². The topological polar surface area (TPSA) is 56.1 Å². The van der Waals surface area contributed by atoms with Gasteiger partial charge in [-0.2, -0.15) is 13.9 Å². The van der Waals surface area contributed by atoms with Crippen LogP contribution in [0.15, 0.2) is 72.9 Å². The van der Waals surface area contributed by atoms with E-state index in [9.17, 15) is 18.0 Å². The van der Waals surface area contributed by atoms with Crippen LogP contribution in [0, 0.1) is 5.82 Å². The number of amides is 1. The highest BCUT2D eigenvalue weighted by Crippen LogP contribution is 2.29. The predicted octanol–water partition coefficient (Wildman–Crippen LogP) is 5.60. The molecule has 0 radical (unpaired) electrons. The molecule has 176 valence electrons. The van der Waals surface area contributed by atoms with Gasteiger partial charge in [-0.15, -0.1) is 0 Å². The molecule has 0 spiro atoms. The molecule has 3 aromatic carbocycles. The van der Waals surface area contributed by atoms with Crippen LogP contribution in [0.3, 0.4) is 0 Å². The summed E-state index contributed by atoms with van der Waals surface area (Å²) >= 11 is 0. The van der Waals surface area contributed by atoms with Gasteiger partial charge < -0.3 is 10.1 Å². The molecule has 0 unspecified atom stereocenters. The second kappa shape index (κ2) is 9.21. The maximum absolute atomic E-state index is 13.6. The smallest absolute Gasteiger partial charge is 0.321 e. The Balaban J connectivity index is 1.74. The van der Waals surface area contributed by atoms with Gasteiger partial charge in [0, 0.05) is 18.5 Å². The van der Waals surface area contributed by atoms with Crippen LogP contribution in [0.5, 0.6) is 5.75 Å². The third-order valence-electron chi connectivity index (χ3n) is 5.67. The summed E-state index contributed by atoms with van der Waals surface area (Å²) in [5.74, 6) is -4.52. The minimum Gasteiger partial charge on any atom is -0.497 e. The third kappa shape index (κ3) is 4.90. The molecule has 4 rings (SSSR count). The Labute approximate surface area is 195 Å². The number of rotatable bonds is 7. The lowest BCUT2D eigenvalue weighted by Crippen LogP contribution is -2.46. The number of alkyl halides is 2.